The maximum atomic E-state index is 11.2. The second kappa shape index (κ2) is 4.94. The van der Waals surface area contributed by atoms with Crippen molar-refractivity contribution >= 4 is 17.3 Å². The second-order valence-electron chi connectivity index (χ2n) is 3.64. The van der Waals surface area contributed by atoms with E-state index >= 15 is 0 Å². The minimum absolute atomic E-state index is 0.448. The lowest BCUT2D eigenvalue weighted by Gasteiger charge is -2.11. The monoisotopic (exact) mass is 232 g/mol. The van der Waals surface area contributed by atoms with E-state index in [4.69, 9.17) is 0 Å². The first-order valence-corrected chi connectivity index (χ1v) is 6.00. The summed E-state index contributed by atoms with van der Waals surface area (Å²) in [6, 6.07) is 11.4. The van der Waals surface area contributed by atoms with E-state index in [0.29, 0.717) is 6.42 Å². The molecule has 0 saturated carbocycles. The van der Waals surface area contributed by atoms with Gasteiger partial charge in [-0.25, -0.2) is 0 Å². The number of benzene rings is 1. The van der Waals surface area contributed by atoms with E-state index in [1.807, 2.05) is 47.2 Å². The van der Waals surface area contributed by atoms with Crippen molar-refractivity contribution in [3.8, 4) is 0 Å². The van der Waals surface area contributed by atoms with Crippen LogP contribution in [-0.2, 0) is 11.2 Å². The lowest BCUT2D eigenvalue weighted by Crippen LogP contribution is -2.13. The number of thiophene rings is 1. The van der Waals surface area contributed by atoms with Gasteiger partial charge in [0, 0.05) is 0 Å². The third kappa shape index (κ3) is 2.49. The molecule has 0 aliphatic rings. The summed E-state index contributed by atoms with van der Waals surface area (Å²) in [5.41, 5.74) is 1.95. The van der Waals surface area contributed by atoms with E-state index in [2.05, 4.69) is 0 Å². The van der Waals surface area contributed by atoms with Crippen molar-refractivity contribution < 1.29 is 9.90 Å². The fourth-order valence-electron chi connectivity index (χ4n) is 1.68. The zero-order chi connectivity index (χ0) is 11.4. The van der Waals surface area contributed by atoms with Crippen LogP contribution < -0.4 is 0 Å². The normalized spacial score (nSPS) is 12.2. The summed E-state index contributed by atoms with van der Waals surface area (Å²) in [6.45, 7) is 0. The van der Waals surface area contributed by atoms with Crippen molar-refractivity contribution in [2.75, 3.05) is 0 Å². The van der Waals surface area contributed by atoms with Crippen molar-refractivity contribution in [3.63, 3.8) is 0 Å². The Kier molecular flexibility index (Phi) is 3.37. The van der Waals surface area contributed by atoms with Crippen LogP contribution in [0.5, 0.6) is 0 Å². The van der Waals surface area contributed by atoms with E-state index < -0.39 is 11.9 Å². The second-order valence-corrected chi connectivity index (χ2v) is 4.42. The molecule has 0 fully saturated rings. The third-order valence-electron chi connectivity index (χ3n) is 2.52. The van der Waals surface area contributed by atoms with Crippen LogP contribution in [0.15, 0.2) is 47.2 Å². The molecule has 2 nitrogen and oxygen atoms in total. The van der Waals surface area contributed by atoms with Gasteiger partial charge in [0.25, 0.3) is 0 Å². The highest BCUT2D eigenvalue weighted by molar-refractivity contribution is 7.07. The number of rotatable bonds is 4. The zero-order valence-electron chi connectivity index (χ0n) is 8.67. The van der Waals surface area contributed by atoms with E-state index in [0.717, 1.165) is 11.1 Å². The minimum atomic E-state index is -0.766. The molecular weight excluding hydrogens is 220 g/mol. The van der Waals surface area contributed by atoms with Gasteiger partial charge >= 0.3 is 5.97 Å². The van der Waals surface area contributed by atoms with Crippen LogP contribution in [-0.4, -0.2) is 11.1 Å². The van der Waals surface area contributed by atoms with Crippen molar-refractivity contribution in [2.24, 2.45) is 0 Å². The first kappa shape index (κ1) is 10.9. The summed E-state index contributed by atoms with van der Waals surface area (Å²) in [4.78, 5) is 11.2. The minimum Gasteiger partial charge on any atom is -0.481 e. The van der Waals surface area contributed by atoms with Crippen LogP contribution >= 0.6 is 11.3 Å². The first-order valence-electron chi connectivity index (χ1n) is 5.06. The molecule has 1 aromatic carbocycles. The first-order chi connectivity index (χ1) is 7.77. The molecule has 2 rings (SSSR count). The molecular formula is C13H12O2S. The molecule has 0 aliphatic heterocycles. The van der Waals surface area contributed by atoms with Gasteiger partial charge in [0.15, 0.2) is 0 Å². The summed E-state index contributed by atoms with van der Waals surface area (Å²) in [5, 5.41) is 13.2. The van der Waals surface area contributed by atoms with Crippen molar-refractivity contribution in [3.05, 3.63) is 58.3 Å². The van der Waals surface area contributed by atoms with Gasteiger partial charge in [0.1, 0.15) is 0 Å². The Balaban J connectivity index is 2.22. The molecule has 1 heterocycles. The SMILES string of the molecule is O=C(O)[C@H](Cc1ccsc1)c1ccccc1. The van der Waals surface area contributed by atoms with Crippen LogP contribution in [0, 0.1) is 0 Å². The van der Waals surface area contributed by atoms with Crippen LogP contribution in [0.3, 0.4) is 0 Å². The van der Waals surface area contributed by atoms with E-state index in [1.165, 1.54) is 0 Å². The Bertz CT molecular complexity index is 448. The van der Waals surface area contributed by atoms with Crippen molar-refractivity contribution in [1.82, 2.24) is 0 Å². The van der Waals surface area contributed by atoms with Gasteiger partial charge in [-0.3, -0.25) is 4.79 Å². The summed E-state index contributed by atoms with van der Waals surface area (Å²) in [7, 11) is 0. The highest BCUT2D eigenvalue weighted by atomic mass is 32.1. The molecule has 82 valence electrons. The Morgan fingerprint density at radius 3 is 2.56 bits per heavy atom. The number of carbonyl (C=O) groups is 1. The van der Waals surface area contributed by atoms with Crippen LogP contribution in [0.25, 0.3) is 0 Å². The summed E-state index contributed by atoms with van der Waals surface area (Å²) < 4.78 is 0. The molecule has 0 saturated heterocycles. The van der Waals surface area contributed by atoms with Gasteiger partial charge < -0.3 is 5.11 Å². The summed E-state index contributed by atoms with van der Waals surface area (Å²) in [6.07, 6.45) is 0.558. The maximum Gasteiger partial charge on any atom is 0.311 e. The quantitative estimate of drug-likeness (QED) is 0.879. The Morgan fingerprint density at radius 1 is 1.25 bits per heavy atom. The highest BCUT2D eigenvalue weighted by Gasteiger charge is 2.19. The number of carboxylic acid groups (broad SMARTS) is 1. The lowest BCUT2D eigenvalue weighted by molar-refractivity contribution is -0.138. The standard InChI is InChI=1S/C13H12O2S/c14-13(15)12(8-10-6-7-16-9-10)11-4-2-1-3-5-11/h1-7,9,12H,8H2,(H,14,15)/t12-/m1/s1. The van der Waals surface area contributed by atoms with Crippen molar-refractivity contribution in [1.29, 1.82) is 0 Å². The Labute approximate surface area is 98.2 Å². The number of hydrogen-bond donors (Lipinski definition) is 1. The maximum absolute atomic E-state index is 11.2. The molecule has 1 atom stereocenters. The number of aliphatic carboxylic acids is 1. The van der Waals surface area contributed by atoms with E-state index in [-0.39, 0.29) is 0 Å². The molecule has 3 heteroatoms. The van der Waals surface area contributed by atoms with Gasteiger partial charge in [-0.2, -0.15) is 11.3 Å². The van der Waals surface area contributed by atoms with Crippen molar-refractivity contribution in [2.45, 2.75) is 12.3 Å². The van der Waals surface area contributed by atoms with Gasteiger partial charge in [-0.1, -0.05) is 30.3 Å². The van der Waals surface area contributed by atoms with Crippen LogP contribution in [0.1, 0.15) is 17.0 Å². The fourth-order valence-corrected chi connectivity index (χ4v) is 2.36. The molecule has 0 aliphatic carbocycles. The molecule has 0 radical (unpaired) electrons. The zero-order valence-corrected chi connectivity index (χ0v) is 9.48. The van der Waals surface area contributed by atoms with Gasteiger partial charge in [-0.15, -0.1) is 0 Å². The third-order valence-corrected chi connectivity index (χ3v) is 3.25. The van der Waals surface area contributed by atoms with Gasteiger partial charge in [0.05, 0.1) is 5.92 Å². The molecule has 0 bridgehead atoms. The van der Waals surface area contributed by atoms with Gasteiger partial charge in [0.2, 0.25) is 0 Å². The fraction of sp³-hybridized carbons (Fsp3) is 0.154. The summed E-state index contributed by atoms with van der Waals surface area (Å²) in [5.74, 6) is -1.21. The van der Waals surface area contributed by atoms with E-state index in [9.17, 15) is 9.90 Å². The summed E-state index contributed by atoms with van der Waals surface area (Å²) >= 11 is 1.60. The van der Waals surface area contributed by atoms with Crippen LogP contribution in [0.2, 0.25) is 0 Å². The smallest absolute Gasteiger partial charge is 0.311 e. The molecule has 2 aromatic rings. The number of carboxylic acids is 1. The predicted molar refractivity (Wildman–Crippen MR) is 64.8 cm³/mol. The largest absolute Gasteiger partial charge is 0.481 e. The topological polar surface area (TPSA) is 37.3 Å². The average Bonchev–Trinajstić information content (AvgIpc) is 2.79. The molecule has 1 N–H and O–H groups in total. The van der Waals surface area contributed by atoms with Crippen LogP contribution in [0.4, 0.5) is 0 Å². The lowest BCUT2D eigenvalue weighted by atomic mass is 9.93. The number of hydrogen-bond acceptors (Lipinski definition) is 2. The Morgan fingerprint density at radius 2 is 2.00 bits per heavy atom. The van der Waals surface area contributed by atoms with Gasteiger partial charge in [-0.05, 0) is 34.4 Å². The molecule has 0 amide bonds. The van der Waals surface area contributed by atoms with E-state index in [1.54, 1.807) is 11.3 Å². The Hall–Kier alpha value is -1.61. The molecule has 16 heavy (non-hydrogen) atoms. The average molecular weight is 232 g/mol. The highest BCUT2D eigenvalue weighted by Crippen LogP contribution is 2.22. The molecule has 1 aromatic heterocycles. The molecule has 0 spiro atoms. The molecule has 0 unspecified atom stereocenters. The predicted octanol–water partition coefficient (Wildman–Crippen LogP) is 3.16.